The number of benzene rings is 2. The molecule has 0 saturated heterocycles. The topological polar surface area (TPSA) is 53.7 Å². The Kier molecular flexibility index (Phi) is 5.16. The smallest absolute Gasteiger partial charge is 0.254 e. The van der Waals surface area contributed by atoms with Crippen molar-refractivity contribution in [3.05, 3.63) is 75.4 Å². The molecule has 0 spiro atoms. The van der Waals surface area contributed by atoms with E-state index in [0.29, 0.717) is 17.9 Å². The van der Waals surface area contributed by atoms with Crippen LogP contribution >= 0.6 is 27.5 Å². The van der Waals surface area contributed by atoms with Gasteiger partial charge in [-0.05, 0) is 42.5 Å². The van der Waals surface area contributed by atoms with Crippen LogP contribution in [0.15, 0.2) is 63.5 Å². The van der Waals surface area contributed by atoms with Gasteiger partial charge in [-0.25, -0.2) is 0 Å². The van der Waals surface area contributed by atoms with Crippen LogP contribution in [-0.2, 0) is 6.54 Å². The van der Waals surface area contributed by atoms with E-state index in [9.17, 15) is 9.90 Å². The van der Waals surface area contributed by atoms with Crippen molar-refractivity contribution in [2.24, 2.45) is 0 Å². The number of phenols is 1. The summed E-state index contributed by atoms with van der Waals surface area (Å²) >= 11 is 9.27. The molecule has 6 heteroatoms. The number of carbonyl (C=O) groups excluding carboxylic acids is 1. The van der Waals surface area contributed by atoms with Crippen LogP contribution in [0, 0.1) is 0 Å². The number of furan rings is 1. The van der Waals surface area contributed by atoms with E-state index < -0.39 is 0 Å². The highest BCUT2D eigenvalue weighted by molar-refractivity contribution is 9.10. The standard InChI is InChI=1S/C19H15BrClNO3/c1-22(19(24)13-4-8-17(23)16(21)10-13)11-15-7-9-18(25-15)12-2-5-14(20)6-3-12/h2-10,23H,11H2,1H3. The summed E-state index contributed by atoms with van der Waals surface area (Å²) in [6.07, 6.45) is 0. The van der Waals surface area contributed by atoms with Crippen LogP contribution < -0.4 is 0 Å². The number of hydrogen-bond acceptors (Lipinski definition) is 3. The lowest BCUT2D eigenvalue weighted by Gasteiger charge is -2.16. The van der Waals surface area contributed by atoms with E-state index in [0.717, 1.165) is 15.8 Å². The number of aromatic hydroxyl groups is 1. The zero-order valence-electron chi connectivity index (χ0n) is 13.4. The number of amides is 1. The number of nitrogens with zero attached hydrogens (tertiary/aromatic N) is 1. The predicted molar refractivity (Wildman–Crippen MR) is 101 cm³/mol. The molecule has 1 heterocycles. The van der Waals surface area contributed by atoms with Crippen LogP contribution in [0.25, 0.3) is 11.3 Å². The first-order chi connectivity index (χ1) is 11.9. The lowest BCUT2D eigenvalue weighted by Crippen LogP contribution is -2.25. The molecule has 0 bridgehead atoms. The summed E-state index contributed by atoms with van der Waals surface area (Å²) in [4.78, 5) is 14.0. The molecule has 128 valence electrons. The summed E-state index contributed by atoms with van der Waals surface area (Å²) in [5, 5.41) is 9.60. The maximum absolute atomic E-state index is 12.5. The molecule has 0 aliphatic carbocycles. The third-order valence-corrected chi connectivity index (χ3v) is 4.56. The van der Waals surface area contributed by atoms with Gasteiger partial charge in [0.25, 0.3) is 5.91 Å². The second-order valence-corrected chi connectivity index (χ2v) is 6.92. The Balaban J connectivity index is 1.72. The minimum absolute atomic E-state index is 0.0500. The monoisotopic (exact) mass is 419 g/mol. The molecule has 0 fully saturated rings. The van der Waals surface area contributed by atoms with E-state index in [-0.39, 0.29) is 16.7 Å². The first-order valence-electron chi connectivity index (χ1n) is 7.52. The van der Waals surface area contributed by atoms with Crippen LogP contribution in [0.5, 0.6) is 5.75 Å². The van der Waals surface area contributed by atoms with Gasteiger partial charge in [0, 0.05) is 22.6 Å². The average Bonchev–Trinajstić information content (AvgIpc) is 3.05. The molecule has 0 unspecified atom stereocenters. The summed E-state index contributed by atoms with van der Waals surface area (Å²) in [7, 11) is 1.69. The summed E-state index contributed by atoms with van der Waals surface area (Å²) in [6, 6.07) is 15.9. The molecule has 2 aromatic carbocycles. The van der Waals surface area contributed by atoms with Crippen LogP contribution in [0.4, 0.5) is 0 Å². The van der Waals surface area contributed by atoms with E-state index in [1.807, 2.05) is 36.4 Å². The molecule has 0 atom stereocenters. The second-order valence-electron chi connectivity index (χ2n) is 5.60. The molecule has 0 aliphatic heterocycles. The Hall–Kier alpha value is -2.24. The fourth-order valence-corrected chi connectivity index (χ4v) is 2.84. The number of hydrogen-bond donors (Lipinski definition) is 1. The number of phenolic OH excluding ortho intramolecular Hbond substituents is 1. The SMILES string of the molecule is CN(Cc1ccc(-c2ccc(Br)cc2)o1)C(=O)c1ccc(O)c(Cl)c1. The normalized spacial score (nSPS) is 10.7. The molecule has 1 N–H and O–H groups in total. The second kappa shape index (κ2) is 7.33. The number of carbonyl (C=O) groups is 1. The predicted octanol–water partition coefficient (Wildman–Crippen LogP) is 5.34. The van der Waals surface area contributed by atoms with Gasteiger partial charge in [-0.1, -0.05) is 39.7 Å². The fraction of sp³-hybridized carbons (Fsp3) is 0.105. The van der Waals surface area contributed by atoms with E-state index in [4.69, 9.17) is 16.0 Å². The molecule has 0 radical (unpaired) electrons. The van der Waals surface area contributed by atoms with E-state index >= 15 is 0 Å². The molecule has 0 saturated carbocycles. The Morgan fingerprint density at radius 1 is 1.16 bits per heavy atom. The third kappa shape index (κ3) is 4.06. The average molecular weight is 421 g/mol. The van der Waals surface area contributed by atoms with Gasteiger partial charge in [0.1, 0.15) is 17.3 Å². The van der Waals surface area contributed by atoms with E-state index in [1.165, 1.54) is 23.1 Å². The molecule has 1 aromatic heterocycles. The minimum atomic E-state index is -0.205. The maximum Gasteiger partial charge on any atom is 0.254 e. The first-order valence-corrected chi connectivity index (χ1v) is 8.70. The molecule has 0 aliphatic rings. The van der Waals surface area contributed by atoms with Crippen molar-refractivity contribution in [2.45, 2.75) is 6.54 Å². The Morgan fingerprint density at radius 2 is 1.88 bits per heavy atom. The van der Waals surface area contributed by atoms with Crippen molar-refractivity contribution in [2.75, 3.05) is 7.05 Å². The van der Waals surface area contributed by atoms with Gasteiger partial charge >= 0.3 is 0 Å². The van der Waals surface area contributed by atoms with Crippen molar-refractivity contribution >= 4 is 33.4 Å². The molecule has 4 nitrogen and oxygen atoms in total. The molecule has 3 rings (SSSR count). The van der Waals surface area contributed by atoms with Gasteiger partial charge in [0.2, 0.25) is 0 Å². The van der Waals surface area contributed by atoms with Gasteiger partial charge < -0.3 is 14.4 Å². The summed E-state index contributed by atoms with van der Waals surface area (Å²) in [6.45, 7) is 0.327. The lowest BCUT2D eigenvalue weighted by atomic mass is 10.2. The Bertz CT molecular complexity index is 905. The van der Waals surface area contributed by atoms with Gasteiger partial charge in [-0.2, -0.15) is 0 Å². The number of halogens is 2. The van der Waals surface area contributed by atoms with Crippen LogP contribution in [-0.4, -0.2) is 23.0 Å². The van der Waals surface area contributed by atoms with E-state index in [1.54, 1.807) is 7.05 Å². The number of rotatable bonds is 4. The fourth-order valence-electron chi connectivity index (χ4n) is 2.40. The summed E-state index contributed by atoms with van der Waals surface area (Å²) in [5.74, 6) is 1.17. The van der Waals surface area contributed by atoms with Crippen LogP contribution in [0.1, 0.15) is 16.1 Å². The van der Waals surface area contributed by atoms with Crippen molar-refractivity contribution < 1.29 is 14.3 Å². The van der Waals surface area contributed by atoms with Crippen molar-refractivity contribution in [3.8, 4) is 17.1 Å². The van der Waals surface area contributed by atoms with Crippen LogP contribution in [0.3, 0.4) is 0 Å². The highest BCUT2D eigenvalue weighted by Gasteiger charge is 2.15. The third-order valence-electron chi connectivity index (χ3n) is 3.72. The Labute approximate surface area is 158 Å². The van der Waals surface area contributed by atoms with Crippen molar-refractivity contribution in [1.82, 2.24) is 4.90 Å². The lowest BCUT2D eigenvalue weighted by molar-refractivity contribution is 0.0776. The molecule has 25 heavy (non-hydrogen) atoms. The van der Waals surface area contributed by atoms with Crippen molar-refractivity contribution in [3.63, 3.8) is 0 Å². The van der Waals surface area contributed by atoms with E-state index in [2.05, 4.69) is 15.9 Å². The van der Waals surface area contributed by atoms with Gasteiger partial charge in [-0.3, -0.25) is 4.79 Å². The van der Waals surface area contributed by atoms with Gasteiger partial charge in [-0.15, -0.1) is 0 Å². The highest BCUT2D eigenvalue weighted by atomic mass is 79.9. The Morgan fingerprint density at radius 3 is 2.56 bits per heavy atom. The molecular weight excluding hydrogens is 406 g/mol. The quantitative estimate of drug-likeness (QED) is 0.620. The van der Waals surface area contributed by atoms with Gasteiger partial charge in [0.15, 0.2) is 0 Å². The zero-order chi connectivity index (χ0) is 18.0. The van der Waals surface area contributed by atoms with Gasteiger partial charge in [0.05, 0.1) is 11.6 Å². The van der Waals surface area contributed by atoms with Crippen LogP contribution in [0.2, 0.25) is 5.02 Å². The first kappa shape index (κ1) is 17.6. The highest BCUT2D eigenvalue weighted by Crippen LogP contribution is 2.26. The maximum atomic E-state index is 12.5. The summed E-state index contributed by atoms with van der Waals surface area (Å²) in [5.41, 5.74) is 1.37. The largest absolute Gasteiger partial charge is 0.506 e. The minimum Gasteiger partial charge on any atom is -0.506 e. The molecule has 1 amide bonds. The van der Waals surface area contributed by atoms with Crippen molar-refractivity contribution in [1.29, 1.82) is 0 Å². The molecular formula is C19H15BrClNO3. The summed E-state index contributed by atoms with van der Waals surface area (Å²) < 4.78 is 6.83. The molecule has 3 aromatic rings. The zero-order valence-corrected chi connectivity index (χ0v) is 15.7.